The number of rotatable bonds is 3. The first kappa shape index (κ1) is 18.4. The molecule has 1 aromatic rings. The van der Waals surface area contributed by atoms with Crippen molar-refractivity contribution in [2.24, 2.45) is 28.5 Å². The van der Waals surface area contributed by atoms with Crippen molar-refractivity contribution in [2.75, 3.05) is 13.1 Å². The third-order valence-corrected chi connectivity index (χ3v) is 7.44. The smallest absolute Gasteiger partial charge is 0.263 e. The Kier molecular flexibility index (Phi) is 4.50. The van der Waals surface area contributed by atoms with Crippen molar-refractivity contribution >= 4 is 21.8 Å². The van der Waals surface area contributed by atoms with Gasteiger partial charge in [0.15, 0.2) is 0 Å². The molecule has 0 aromatic heterocycles. The van der Waals surface area contributed by atoms with Crippen LogP contribution in [0.2, 0.25) is 0 Å². The van der Waals surface area contributed by atoms with E-state index in [-0.39, 0.29) is 28.6 Å². The van der Waals surface area contributed by atoms with Crippen LogP contribution in [0.5, 0.6) is 0 Å². The molecule has 1 aliphatic carbocycles. The van der Waals surface area contributed by atoms with Crippen molar-refractivity contribution in [1.82, 2.24) is 9.62 Å². The van der Waals surface area contributed by atoms with Crippen molar-refractivity contribution in [3.05, 3.63) is 29.8 Å². The number of carbonyl (C=O) groups excluding carboxylic acids is 1. The van der Waals surface area contributed by atoms with E-state index in [1.807, 2.05) is 18.7 Å². The molecule has 2 fully saturated rings. The molecular formula is C19H26N4O3S. The molecule has 8 heteroatoms. The molecule has 0 radical (unpaired) electrons. The van der Waals surface area contributed by atoms with Crippen LogP contribution in [-0.4, -0.2) is 50.2 Å². The van der Waals surface area contributed by atoms with Crippen molar-refractivity contribution in [2.45, 2.75) is 43.7 Å². The molecule has 0 bridgehead atoms. The van der Waals surface area contributed by atoms with E-state index < -0.39 is 16.1 Å². The lowest BCUT2D eigenvalue weighted by molar-refractivity contribution is -0.132. The molecule has 1 amide bonds. The van der Waals surface area contributed by atoms with Gasteiger partial charge in [0.2, 0.25) is 5.91 Å². The fraction of sp³-hybridized carbons (Fsp3) is 0.579. The first-order chi connectivity index (χ1) is 12.8. The normalized spacial score (nSPS) is 31.0. The highest BCUT2D eigenvalue weighted by Gasteiger charge is 2.44. The standard InChI is InChI=1S/C19H26N4O3S/c1-11(2)17(19(24)23-9-12-7-8-15(20)14(12)10-23)21-18-13-5-3-4-6-16(13)27(25,26)22-18/h3-6,11-12,14-15,17H,7-10,20H2,1-2H3,(H,21,22)/t12?,14?,15?,17-/m0/s1. The number of nitrogens with zero attached hydrogens (tertiary/aromatic N) is 2. The second-order valence-electron chi connectivity index (χ2n) is 8.18. The quantitative estimate of drug-likeness (QED) is 0.801. The van der Waals surface area contributed by atoms with Crippen LogP contribution in [-0.2, 0) is 14.8 Å². The zero-order valence-corrected chi connectivity index (χ0v) is 16.4. The molecule has 2 heterocycles. The van der Waals surface area contributed by atoms with Gasteiger partial charge in [-0.2, -0.15) is 0 Å². The molecule has 3 aliphatic rings. The number of aliphatic imine (C=N–C) groups is 1. The number of benzene rings is 1. The SMILES string of the molecule is CC(C)[C@H](N=C1NS(=O)(=O)c2ccccc21)C(=O)N1CC2CCC(N)C2C1. The summed E-state index contributed by atoms with van der Waals surface area (Å²) in [6.07, 6.45) is 2.11. The van der Waals surface area contributed by atoms with Gasteiger partial charge in [0.1, 0.15) is 11.9 Å². The minimum Gasteiger partial charge on any atom is -0.340 e. The van der Waals surface area contributed by atoms with E-state index in [2.05, 4.69) is 9.71 Å². The van der Waals surface area contributed by atoms with E-state index in [4.69, 9.17) is 5.73 Å². The Hall–Kier alpha value is -1.93. The number of likely N-dealkylation sites (tertiary alicyclic amines) is 1. The Morgan fingerprint density at radius 3 is 2.70 bits per heavy atom. The Morgan fingerprint density at radius 1 is 1.26 bits per heavy atom. The first-order valence-electron chi connectivity index (χ1n) is 9.52. The van der Waals surface area contributed by atoms with E-state index in [0.29, 0.717) is 23.9 Å². The van der Waals surface area contributed by atoms with Crippen LogP contribution in [0.15, 0.2) is 34.2 Å². The second-order valence-corrected chi connectivity index (χ2v) is 9.83. The van der Waals surface area contributed by atoms with Gasteiger partial charge in [-0.25, -0.2) is 8.42 Å². The Morgan fingerprint density at radius 2 is 2.00 bits per heavy atom. The van der Waals surface area contributed by atoms with Gasteiger partial charge in [-0.3, -0.25) is 14.5 Å². The van der Waals surface area contributed by atoms with Gasteiger partial charge < -0.3 is 10.6 Å². The average Bonchev–Trinajstić information content (AvgIpc) is 3.26. The maximum atomic E-state index is 13.2. The van der Waals surface area contributed by atoms with Gasteiger partial charge >= 0.3 is 0 Å². The highest BCUT2D eigenvalue weighted by Crippen LogP contribution is 2.37. The lowest BCUT2D eigenvalue weighted by atomic mass is 9.98. The molecule has 4 rings (SSSR count). The summed E-state index contributed by atoms with van der Waals surface area (Å²) in [5.74, 6) is 1.03. The monoisotopic (exact) mass is 390 g/mol. The second kappa shape index (κ2) is 6.60. The van der Waals surface area contributed by atoms with E-state index >= 15 is 0 Å². The van der Waals surface area contributed by atoms with E-state index in [9.17, 15) is 13.2 Å². The van der Waals surface area contributed by atoms with Crippen molar-refractivity contribution < 1.29 is 13.2 Å². The number of carbonyl (C=O) groups is 1. The van der Waals surface area contributed by atoms with Crippen LogP contribution in [0, 0.1) is 17.8 Å². The highest BCUT2D eigenvalue weighted by atomic mass is 32.2. The molecule has 3 unspecified atom stereocenters. The zero-order chi connectivity index (χ0) is 19.3. The molecular weight excluding hydrogens is 364 g/mol. The van der Waals surface area contributed by atoms with Gasteiger partial charge in [0, 0.05) is 24.7 Å². The summed E-state index contributed by atoms with van der Waals surface area (Å²) in [4.78, 5) is 19.8. The Labute approximate surface area is 160 Å². The number of amides is 1. The predicted octanol–water partition coefficient (Wildman–Crippen LogP) is 0.945. The summed E-state index contributed by atoms with van der Waals surface area (Å²) >= 11 is 0. The number of hydrogen-bond acceptors (Lipinski definition) is 5. The van der Waals surface area contributed by atoms with Crippen molar-refractivity contribution in [3.63, 3.8) is 0 Å². The fourth-order valence-electron chi connectivity index (χ4n) is 4.53. The lowest BCUT2D eigenvalue weighted by Gasteiger charge is -2.25. The molecule has 1 saturated carbocycles. The molecule has 3 N–H and O–H groups in total. The zero-order valence-electron chi connectivity index (χ0n) is 15.6. The van der Waals surface area contributed by atoms with E-state index in [1.165, 1.54) is 0 Å². The van der Waals surface area contributed by atoms with E-state index in [1.54, 1.807) is 24.3 Å². The number of hydrogen-bond donors (Lipinski definition) is 2. The summed E-state index contributed by atoms with van der Waals surface area (Å²) in [5, 5.41) is 0. The largest absolute Gasteiger partial charge is 0.340 e. The minimum atomic E-state index is -3.61. The van der Waals surface area contributed by atoms with Crippen LogP contribution in [0.3, 0.4) is 0 Å². The number of nitrogens with one attached hydrogen (secondary N) is 1. The molecule has 1 aromatic carbocycles. The van der Waals surface area contributed by atoms with Crippen LogP contribution < -0.4 is 10.5 Å². The average molecular weight is 391 g/mol. The van der Waals surface area contributed by atoms with Crippen molar-refractivity contribution in [3.8, 4) is 0 Å². The summed E-state index contributed by atoms with van der Waals surface area (Å²) in [6.45, 7) is 5.28. The Balaban J connectivity index is 1.61. The van der Waals surface area contributed by atoms with Gasteiger partial charge in [0.05, 0.1) is 4.90 Å². The lowest BCUT2D eigenvalue weighted by Crippen LogP contribution is -2.42. The molecule has 1 saturated heterocycles. The molecule has 0 spiro atoms. The summed E-state index contributed by atoms with van der Waals surface area (Å²) < 4.78 is 27.1. The molecule has 146 valence electrons. The highest BCUT2D eigenvalue weighted by molar-refractivity contribution is 7.90. The summed E-state index contributed by atoms with van der Waals surface area (Å²) in [7, 11) is -3.61. The molecule has 27 heavy (non-hydrogen) atoms. The number of fused-ring (bicyclic) bond motifs is 2. The van der Waals surface area contributed by atoms with Gasteiger partial charge in [-0.15, -0.1) is 0 Å². The van der Waals surface area contributed by atoms with Crippen LogP contribution in [0.1, 0.15) is 32.3 Å². The van der Waals surface area contributed by atoms with Gasteiger partial charge in [0.25, 0.3) is 10.0 Å². The topological polar surface area (TPSA) is 105 Å². The fourth-order valence-corrected chi connectivity index (χ4v) is 5.77. The Bertz CT molecular complexity index is 896. The third kappa shape index (κ3) is 3.14. The third-order valence-electron chi connectivity index (χ3n) is 6.04. The molecule has 7 nitrogen and oxygen atoms in total. The van der Waals surface area contributed by atoms with Crippen LogP contribution in [0.25, 0.3) is 0 Å². The van der Waals surface area contributed by atoms with Gasteiger partial charge in [-0.1, -0.05) is 26.0 Å². The van der Waals surface area contributed by atoms with E-state index in [0.717, 1.165) is 19.4 Å². The van der Waals surface area contributed by atoms with Crippen molar-refractivity contribution in [1.29, 1.82) is 0 Å². The number of amidine groups is 1. The maximum Gasteiger partial charge on any atom is 0.263 e. The molecule has 2 aliphatic heterocycles. The van der Waals surface area contributed by atoms with Crippen LogP contribution >= 0.6 is 0 Å². The minimum absolute atomic E-state index is 0.0392. The number of nitrogens with two attached hydrogens (primary N) is 1. The van der Waals surface area contributed by atoms with Gasteiger partial charge in [-0.05, 0) is 42.7 Å². The maximum absolute atomic E-state index is 13.2. The number of sulfonamides is 1. The summed E-state index contributed by atoms with van der Waals surface area (Å²) in [6, 6.07) is 6.27. The molecule has 4 atom stereocenters. The first-order valence-corrected chi connectivity index (χ1v) is 11.0. The summed E-state index contributed by atoms with van der Waals surface area (Å²) in [5.41, 5.74) is 6.72. The predicted molar refractivity (Wildman–Crippen MR) is 103 cm³/mol. The van der Waals surface area contributed by atoms with Crippen LogP contribution in [0.4, 0.5) is 0 Å².